The predicted molar refractivity (Wildman–Crippen MR) is 42.4 cm³/mol. The van der Waals surface area contributed by atoms with E-state index in [1.807, 2.05) is 6.07 Å². The van der Waals surface area contributed by atoms with Crippen LogP contribution >= 0.6 is 0 Å². The van der Waals surface area contributed by atoms with Gasteiger partial charge in [-0.2, -0.15) is 10.4 Å². The molecule has 0 aliphatic heterocycles. The van der Waals surface area contributed by atoms with Gasteiger partial charge < -0.3 is 0 Å². The molecule has 4 nitrogen and oxygen atoms in total. The lowest BCUT2D eigenvalue weighted by molar-refractivity contribution is 0.0838. The summed E-state index contributed by atoms with van der Waals surface area (Å²) in [5, 5.41) is 12.2. The number of hydrogen-bond acceptors (Lipinski definition) is 3. The van der Waals surface area contributed by atoms with Crippen LogP contribution in [-0.2, 0) is 0 Å². The second-order valence-corrected chi connectivity index (χ2v) is 2.78. The zero-order valence-corrected chi connectivity index (χ0v) is 6.98. The van der Waals surface area contributed by atoms with Crippen LogP contribution in [0.15, 0.2) is 12.4 Å². The van der Waals surface area contributed by atoms with Crippen molar-refractivity contribution in [3.63, 3.8) is 0 Å². The van der Waals surface area contributed by atoms with Crippen LogP contribution in [0.25, 0.3) is 0 Å². The first-order chi connectivity index (χ1) is 5.65. The third-order valence-electron chi connectivity index (χ3n) is 1.43. The van der Waals surface area contributed by atoms with Crippen LogP contribution in [0, 0.1) is 17.2 Å². The van der Waals surface area contributed by atoms with Crippen molar-refractivity contribution < 1.29 is 4.79 Å². The van der Waals surface area contributed by atoms with Gasteiger partial charge in [-0.05, 0) is 0 Å². The van der Waals surface area contributed by atoms with Crippen molar-refractivity contribution in [1.29, 1.82) is 5.26 Å². The second kappa shape index (κ2) is 3.18. The van der Waals surface area contributed by atoms with E-state index >= 15 is 0 Å². The molecule has 1 rings (SSSR count). The van der Waals surface area contributed by atoms with Crippen LogP contribution in [0.3, 0.4) is 0 Å². The predicted octanol–water partition coefficient (Wildman–Crippen LogP) is 1.05. The first-order valence-corrected chi connectivity index (χ1v) is 3.64. The molecule has 0 spiro atoms. The van der Waals surface area contributed by atoms with Gasteiger partial charge in [0.2, 0.25) is 5.91 Å². The van der Waals surface area contributed by atoms with E-state index in [1.54, 1.807) is 13.8 Å². The van der Waals surface area contributed by atoms with Crippen LogP contribution < -0.4 is 0 Å². The molecule has 0 aliphatic carbocycles. The molecule has 1 aromatic heterocycles. The summed E-state index contributed by atoms with van der Waals surface area (Å²) in [5.41, 5.74) is 0.406. The Labute approximate surface area is 70.4 Å². The van der Waals surface area contributed by atoms with E-state index < -0.39 is 0 Å². The maximum atomic E-state index is 11.3. The fraction of sp³-hybridized carbons (Fsp3) is 0.375. The normalized spacial score (nSPS) is 9.83. The van der Waals surface area contributed by atoms with Gasteiger partial charge in [0.15, 0.2) is 0 Å². The highest BCUT2D eigenvalue weighted by Gasteiger charge is 2.10. The average Bonchev–Trinajstić information content (AvgIpc) is 2.50. The minimum Gasteiger partial charge on any atom is -0.272 e. The Kier molecular flexibility index (Phi) is 2.24. The SMILES string of the molecule is CC(C)C(=O)n1cc(C#N)cn1. The Morgan fingerprint density at radius 3 is 2.83 bits per heavy atom. The Morgan fingerprint density at radius 1 is 1.75 bits per heavy atom. The van der Waals surface area contributed by atoms with Gasteiger partial charge in [-0.15, -0.1) is 0 Å². The van der Waals surface area contributed by atoms with E-state index in [9.17, 15) is 4.79 Å². The maximum absolute atomic E-state index is 11.3. The van der Waals surface area contributed by atoms with Crippen LogP contribution in [0.5, 0.6) is 0 Å². The van der Waals surface area contributed by atoms with Gasteiger partial charge in [-0.25, -0.2) is 4.68 Å². The zero-order chi connectivity index (χ0) is 9.14. The van der Waals surface area contributed by atoms with Gasteiger partial charge >= 0.3 is 0 Å². The van der Waals surface area contributed by atoms with E-state index in [2.05, 4.69) is 5.10 Å². The van der Waals surface area contributed by atoms with Crippen LogP contribution in [0.2, 0.25) is 0 Å². The molecule has 0 unspecified atom stereocenters. The van der Waals surface area contributed by atoms with Gasteiger partial charge in [-0.3, -0.25) is 4.79 Å². The summed E-state index contributed by atoms with van der Waals surface area (Å²) < 4.78 is 1.20. The van der Waals surface area contributed by atoms with Crippen molar-refractivity contribution in [2.24, 2.45) is 5.92 Å². The summed E-state index contributed by atoms with van der Waals surface area (Å²) in [6.07, 6.45) is 2.81. The minimum absolute atomic E-state index is 0.100. The molecule has 0 amide bonds. The molecule has 0 saturated carbocycles. The molecule has 0 aliphatic rings. The molecular formula is C8H9N3O. The Hall–Kier alpha value is -1.63. The molecule has 0 saturated heterocycles. The third-order valence-corrected chi connectivity index (χ3v) is 1.43. The van der Waals surface area contributed by atoms with Crippen LogP contribution in [0.1, 0.15) is 24.2 Å². The van der Waals surface area contributed by atoms with Crippen molar-refractivity contribution in [1.82, 2.24) is 9.78 Å². The van der Waals surface area contributed by atoms with E-state index in [-0.39, 0.29) is 11.8 Å². The average molecular weight is 163 g/mol. The fourth-order valence-corrected chi connectivity index (χ4v) is 0.766. The van der Waals surface area contributed by atoms with Crippen molar-refractivity contribution in [2.45, 2.75) is 13.8 Å². The van der Waals surface area contributed by atoms with E-state index in [0.717, 1.165) is 0 Å². The summed E-state index contributed by atoms with van der Waals surface area (Å²) >= 11 is 0. The number of rotatable bonds is 1. The monoisotopic (exact) mass is 163 g/mol. The largest absolute Gasteiger partial charge is 0.272 e. The molecular weight excluding hydrogens is 154 g/mol. The summed E-state index contributed by atoms with van der Waals surface area (Å²) in [6.45, 7) is 3.58. The van der Waals surface area contributed by atoms with Gasteiger partial charge in [0.05, 0.1) is 18.0 Å². The number of nitrogens with zero attached hydrogens (tertiary/aromatic N) is 3. The van der Waals surface area contributed by atoms with Gasteiger partial charge in [0.1, 0.15) is 6.07 Å². The first kappa shape index (κ1) is 8.47. The first-order valence-electron chi connectivity index (χ1n) is 3.64. The van der Waals surface area contributed by atoms with Crippen LogP contribution in [0.4, 0.5) is 0 Å². The van der Waals surface area contributed by atoms with Gasteiger partial charge in [0, 0.05) is 5.92 Å². The maximum Gasteiger partial charge on any atom is 0.249 e. The quantitative estimate of drug-likeness (QED) is 0.621. The zero-order valence-electron chi connectivity index (χ0n) is 6.98. The Balaban J connectivity index is 2.91. The van der Waals surface area contributed by atoms with Gasteiger partial charge in [0.25, 0.3) is 0 Å². The number of carbonyl (C=O) groups is 1. The smallest absolute Gasteiger partial charge is 0.249 e. The highest BCUT2D eigenvalue weighted by Crippen LogP contribution is 2.00. The molecule has 0 aromatic carbocycles. The van der Waals surface area contributed by atoms with E-state index in [0.29, 0.717) is 5.56 Å². The molecule has 1 aromatic rings. The molecule has 1 heterocycles. The second-order valence-electron chi connectivity index (χ2n) is 2.78. The fourth-order valence-electron chi connectivity index (χ4n) is 0.766. The van der Waals surface area contributed by atoms with Crippen molar-refractivity contribution in [2.75, 3.05) is 0 Å². The lowest BCUT2D eigenvalue weighted by Gasteiger charge is -2.01. The van der Waals surface area contributed by atoms with E-state index in [4.69, 9.17) is 5.26 Å². The Morgan fingerprint density at radius 2 is 2.42 bits per heavy atom. The third kappa shape index (κ3) is 1.51. The number of hydrogen-bond donors (Lipinski definition) is 0. The van der Waals surface area contributed by atoms with Crippen molar-refractivity contribution in [3.05, 3.63) is 18.0 Å². The Bertz CT molecular complexity index is 332. The standard InChI is InChI=1S/C8H9N3O/c1-6(2)8(12)11-5-7(3-9)4-10-11/h4-6H,1-2H3. The molecule has 4 heteroatoms. The van der Waals surface area contributed by atoms with E-state index in [1.165, 1.54) is 17.1 Å². The van der Waals surface area contributed by atoms with Crippen molar-refractivity contribution in [3.8, 4) is 6.07 Å². The molecule has 0 fully saturated rings. The van der Waals surface area contributed by atoms with Gasteiger partial charge in [-0.1, -0.05) is 13.8 Å². The minimum atomic E-state index is -0.101. The molecule has 12 heavy (non-hydrogen) atoms. The van der Waals surface area contributed by atoms with Crippen LogP contribution in [-0.4, -0.2) is 15.7 Å². The summed E-state index contributed by atoms with van der Waals surface area (Å²) in [7, 11) is 0. The molecule has 0 atom stereocenters. The number of nitriles is 1. The summed E-state index contributed by atoms with van der Waals surface area (Å²) in [6, 6.07) is 1.91. The highest BCUT2D eigenvalue weighted by molar-refractivity contribution is 5.79. The molecule has 0 N–H and O–H groups in total. The topological polar surface area (TPSA) is 58.7 Å². The molecule has 0 radical (unpaired) electrons. The lowest BCUT2D eigenvalue weighted by Crippen LogP contribution is -2.17. The van der Waals surface area contributed by atoms with Crippen molar-refractivity contribution >= 4 is 5.91 Å². The lowest BCUT2D eigenvalue weighted by atomic mass is 10.2. The number of carbonyl (C=O) groups excluding carboxylic acids is 1. The summed E-state index contributed by atoms with van der Waals surface area (Å²) in [5.74, 6) is -0.201. The highest BCUT2D eigenvalue weighted by atomic mass is 16.2. The molecule has 0 bridgehead atoms. The summed E-state index contributed by atoms with van der Waals surface area (Å²) in [4.78, 5) is 11.3. The number of aromatic nitrogens is 2. The molecule has 62 valence electrons.